The molecule has 4 N–H and O–H groups in total. The molecule has 0 amide bonds. The minimum absolute atomic E-state index is 0.123. The lowest BCUT2D eigenvalue weighted by atomic mass is 10.1. The van der Waals surface area contributed by atoms with Crippen LogP contribution in [0, 0.1) is 0 Å². The molecule has 0 radical (unpaired) electrons. The van der Waals surface area contributed by atoms with Crippen LogP contribution in [-0.2, 0) is 4.79 Å². The van der Waals surface area contributed by atoms with Crippen LogP contribution in [0.1, 0.15) is 11.6 Å². The smallest absolute Gasteiger partial charge is 0.325 e. The average Bonchev–Trinajstić information content (AvgIpc) is 2.16. The van der Waals surface area contributed by atoms with Crippen molar-refractivity contribution in [2.24, 2.45) is 5.73 Å². The van der Waals surface area contributed by atoms with Crippen LogP contribution in [-0.4, -0.2) is 23.3 Å². The minimum atomic E-state index is -1.14. The summed E-state index contributed by atoms with van der Waals surface area (Å²) in [7, 11) is 1.41. The van der Waals surface area contributed by atoms with Crippen molar-refractivity contribution in [3.8, 4) is 11.5 Å². The summed E-state index contributed by atoms with van der Waals surface area (Å²) >= 11 is 0. The molecule has 14 heavy (non-hydrogen) atoms. The molecule has 0 heterocycles. The third-order valence-electron chi connectivity index (χ3n) is 1.83. The van der Waals surface area contributed by atoms with E-state index in [1.165, 1.54) is 25.3 Å². The summed E-state index contributed by atoms with van der Waals surface area (Å²) in [6.07, 6.45) is 0. The van der Waals surface area contributed by atoms with Gasteiger partial charge in [-0.05, 0) is 17.7 Å². The third-order valence-corrected chi connectivity index (χ3v) is 1.83. The molecule has 5 nitrogen and oxygen atoms in total. The molecule has 1 aromatic rings. The largest absolute Gasteiger partial charge is 0.504 e. The molecular weight excluding hydrogens is 186 g/mol. The van der Waals surface area contributed by atoms with Crippen molar-refractivity contribution in [3.63, 3.8) is 0 Å². The van der Waals surface area contributed by atoms with Gasteiger partial charge in [0.2, 0.25) is 0 Å². The molecule has 5 heteroatoms. The molecule has 0 aliphatic carbocycles. The molecule has 1 aromatic carbocycles. The van der Waals surface area contributed by atoms with Crippen molar-refractivity contribution in [2.75, 3.05) is 7.11 Å². The predicted molar refractivity (Wildman–Crippen MR) is 49.2 cm³/mol. The van der Waals surface area contributed by atoms with Gasteiger partial charge in [0, 0.05) is 0 Å². The van der Waals surface area contributed by atoms with E-state index in [2.05, 4.69) is 0 Å². The quantitative estimate of drug-likeness (QED) is 0.655. The number of aromatic hydroxyl groups is 1. The van der Waals surface area contributed by atoms with Gasteiger partial charge in [-0.3, -0.25) is 4.79 Å². The summed E-state index contributed by atoms with van der Waals surface area (Å²) in [6, 6.07) is 3.11. The molecule has 0 aromatic heterocycles. The number of carboxylic acids is 1. The summed E-state index contributed by atoms with van der Waals surface area (Å²) in [4.78, 5) is 10.5. The highest BCUT2D eigenvalue weighted by atomic mass is 16.5. The molecule has 0 saturated heterocycles. The van der Waals surface area contributed by atoms with Crippen LogP contribution in [0.25, 0.3) is 0 Å². The molecule has 1 rings (SSSR count). The Bertz CT molecular complexity index is 351. The number of hydrogen-bond acceptors (Lipinski definition) is 4. The summed E-state index contributed by atoms with van der Waals surface area (Å²) in [5.74, 6) is -0.984. The molecule has 1 unspecified atom stereocenters. The van der Waals surface area contributed by atoms with Crippen LogP contribution in [0.4, 0.5) is 0 Å². The van der Waals surface area contributed by atoms with Gasteiger partial charge in [0.15, 0.2) is 11.5 Å². The molecule has 0 bridgehead atoms. The molecule has 0 spiro atoms. The van der Waals surface area contributed by atoms with Crippen molar-refractivity contribution in [1.82, 2.24) is 0 Å². The van der Waals surface area contributed by atoms with Gasteiger partial charge in [0.1, 0.15) is 6.04 Å². The van der Waals surface area contributed by atoms with Crippen molar-refractivity contribution in [3.05, 3.63) is 23.8 Å². The highest BCUT2D eigenvalue weighted by Gasteiger charge is 2.15. The predicted octanol–water partition coefficient (Wildman–Crippen LogP) is 0.485. The molecule has 0 fully saturated rings. The van der Waals surface area contributed by atoms with Crippen LogP contribution < -0.4 is 10.5 Å². The average molecular weight is 197 g/mol. The van der Waals surface area contributed by atoms with Crippen LogP contribution in [0.15, 0.2) is 18.2 Å². The lowest BCUT2D eigenvalue weighted by molar-refractivity contribution is -0.138. The monoisotopic (exact) mass is 197 g/mol. The maximum Gasteiger partial charge on any atom is 0.325 e. The summed E-state index contributed by atoms with van der Waals surface area (Å²) in [5.41, 5.74) is 5.68. The number of nitrogens with two attached hydrogens (primary N) is 1. The highest BCUT2D eigenvalue weighted by molar-refractivity contribution is 5.75. The van der Waals surface area contributed by atoms with Gasteiger partial charge in [-0.15, -0.1) is 0 Å². The normalized spacial score (nSPS) is 12.1. The topological polar surface area (TPSA) is 92.8 Å². The Morgan fingerprint density at radius 3 is 2.64 bits per heavy atom. The van der Waals surface area contributed by atoms with E-state index >= 15 is 0 Å². The Balaban J connectivity index is 3.02. The summed E-state index contributed by atoms with van der Waals surface area (Å²) in [6.45, 7) is 0. The zero-order chi connectivity index (χ0) is 10.7. The lowest BCUT2D eigenvalue weighted by Crippen LogP contribution is -2.20. The summed E-state index contributed by atoms with van der Waals surface area (Å²) < 4.78 is 4.80. The number of aliphatic carboxylic acids is 1. The van der Waals surface area contributed by atoms with Crippen LogP contribution >= 0.6 is 0 Å². The molecule has 0 saturated carbocycles. The van der Waals surface area contributed by atoms with Crippen molar-refractivity contribution >= 4 is 5.97 Å². The Kier molecular flexibility index (Phi) is 2.93. The molecule has 1 atom stereocenters. The van der Waals surface area contributed by atoms with E-state index in [1.807, 2.05) is 0 Å². The van der Waals surface area contributed by atoms with Gasteiger partial charge in [0.05, 0.1) is 7.11 Å². The fourth-order valence-corrected chi connectivity index (χ4v) is 1.04. The van der Waals surface area contributed by atoms with Crippen LogP contribution in [0.2, 0.25) is 0 Å². The Labute approximate surface area is 80.7 Å². The van der Waals surface area contributed by atoms with E-state index in [4.69, 9.17) is 15.6 Å². The van der Waals surface area contributed by atoms with E-state index in [-0.39, 0.29) is 11.5 Å². The number of phenolic OH excluding ortho intramolecular Hbond substituents is 1. The molecule has 76 valence electrons. The Morgan fingerprint density at radius 2 is 2.21 bits per heavy atom. The summed E-state index contributed by atoms with van der Waals surface area (Å²) in [5, 5.41) is 18.0. The first-order valence-electron chi connectivity index (χ1n) is 3.91. The number of carbonyl (C=O) groups is 1. The zero-order valence-electron chi connectivity index (χ0n) is 7.60. The van der Waals surface area contributed by atoms with Crippen LogP contribution in [0.3, 0.4) is 0 Å². The minimum Gasteiger partial charge on any atom is -0.504 e. The Hall–Kier alpha value is -1.75. The van der Waals surface area contributed by atoms with Gasteiger partial charge in [-0.1, -0.05) is 6.07 Å². The zero-order valence-corrected chi connectivity index (χ0v) is 7.60. The second kappa shape index (κ2) is 3.97. The van der Waals surface area contributed by atoms with Gasteiger partial charge in [0.25, 0.3) is 0 Å². The highest BCUT2D eigenvalue weighted by Crippen LogP contribution is 2.28. The molecule has 0 aliphatic heterocycles. The van der Waals surface area contributed by atoms with Gasteiger partial charge in [-0.25, -0.2) is 0 Å². The number of ether oxygens (including phenoxy) is 1. The van der Waals surface area contributed by atoms with Crippen molar-refractivity contribution < 1.29 is 19.7 Å². The van der Waals surface area contributed by atoms with Crippen molar-refractivity contribution in [1.29, 1.82) is 0 Å². The van der Waals surface area contributed by atoms with E-state index in [1.54, 1.807) is 0 Å². The lowest BCUT2D eigenvalue weighted by Gasteiger charge is -2.09. The number of rotatable bonds is 3. The van der Waals surface area contributed by atoms with E-state index in [0.29, 0.717) is 5.56 Å². The maximum atomic E-state index is 10.5. The second-order valence-electron chi connectivity index (χ2n) is 2.75. The number of benzene rings is 1. The SMILES string of the molecule is COc1ccc(C(N)C(=O)O)cc1O. The standard InChI is InChI=1S/C9H11NO4/c1-14-7-3-2-5(4-6(7)11)8(10)9(12)13/h2-4,8,11H,10H2,1H3,(H,12,13). The number of carboxylic acid groups (broad SMARTS) is 1. The number of hydrogen-bond donors (Lipinski definition) is 3. The van der Waals surface area contributed by atoms with Gasteiger partial charge in [-0.2, -0.15) is 0 Å². The Morgan fingerprint density at radius 1 is 1.57 bits per heavy atom. The molecular formula is C9H11NO4. The first-order valence-corrected chi connectivity index (χ1v) is 3.91. The first-order chi connectivity index (χ1) is 6.56. The fourth-order valence-electron chi connectivity index (χ4n) is 1.04. The maximum absolute atomic E-state index is 10.5. The van der Waals surface area contributed by atoms with E-state index in [9.17, 15) is 9.90 Å². The number of phenols is 1. The first kappa shape index (κ1) is 10.3. The number of methoxy groups -OCH3 is 1. The van der Waals surface area contributed by atoms with Crippen molar-refractivity contribution in [2.45, 2.75) is 6.04 Å². The fraction of sp³-hybridized carbons (Fsp3) is 0.222. The third kappa shape index (κ3) is 1.94. The van der Waals surface area contributed by atoms with E-state index < -0.39 is 12.0 Å². The second-order valence-corrected chi connectivity index (χ2v) is 2.75. The van der Waals surface area contributed by atoms with Crippen LogP contribution in [0.5, 0.6) is 11.5 Å². The molecule has 0 aliphatic rings. The van der Waals surface area contributed by atoms with Gasteiger partial charge < -0.3 is 20.7 Å². The van der Waals surface area contributed by atoms with Gasteiger partial charge >= 0.3 is 5.97 Å². The van der Waals surface area contributed by atoms with E-state index in [0.717, 1.165) is 0 Å².